The Morgan fingerprint density at radius 3 is 2.53 bits per heavy atom. The average molecular weight is 532 g/mol. The van der Waals surface area contributed by atoms with Crippen LogP contribution in [0.2, 0.25) is 0 Å². The van der Waals surface area contributed by atoms with Crippen molar-refractivity contribution in [3.05, 3.63) is 11.6 Å². The molecule has 4 aliphatic rings. The molecule has 3 saturated carbocycles. The molecule has 0 amide bonds. The van der Waals surface area contributed by atoms with Gasteiger partial charge in [-0.2, -0.15) is 0 Å². The van der Waals surface area contributed by atoms with Gasteiger partial charge in [0.15, 0.2) is 0 Å². The van der Waals surface area contributed by atoms with E-state index in [4.69, 9.17) is 14.2 Å². The van der Waals surface area contributed by atoms with Crippen molar-refractivity contribution in [2.24, 2.45) is 46.8 Å². The first-order chi connectivity index (χ1) is 18.2. The molecular weight excluding hydrogens is 478 g/mol. The van der Waals surface area contributed by atoms with Crippen LogP contribution in [0, 0.1) is 46.8 Å². The summed E-state index contributed by atoms with van der Waals surface area (Å²) in [5.41, 5.74) is 1.74. The zero-order chi connectivity index (χ0) is 27.4. The summed E-state index contributed by atoms with van der Waals surface area (Å²) in [6.45, 7) is 9.64. The highest BCUT2D eigenvalue weighted by Crippen LogP contribution is 2.63. The van der Waals surface area contributed by atoms with Gasteiger partial charge in [0.2, 0.25) is 0 Å². The molecule has 0 saturated heterocycles. The molecule has 0 aromatic rings. The molecule has 3 fully saturated rings. The van der Waals surface area contributed by atoms with Crippen molar-refractivity contribution < 1.29 is 23.8 Å². The Labute approximate surface area is 231 Å². The van der Waals surface area contributed by atoms with E-state index in [2.05, 4.69) is 39.1 Å². The predicted molar refractivity (Wildman–Crippen MR) is 150 cm³/mol. The number of likely N-dealkylation sites (N-methyl/N-ethyl adjacent to an activating group) is 1. The van der Waals surface area contributed by atoms with E-state index in [1.807, 2.05) is 0 Å². The van der Waals surface area contributed by atoms with Crippen molar-refractivity contribution in [3.63, 3.8) is 0 Å². The Morgan fingerprint density at radius 2 is 1.82 bits per heavy atom. The lowest BCUT2D eigenvalue weighted by atomic mass is 9.50. The molecule has 0 spiro atoms. The van der Waals surface area contributed by atoms with E-state index < -0.39 is 18.2 Å². The largest absolute Gasteiger partial charge is 0.508 e. The lowest BCUT2D eigenvalue weighted by Gasteiger charge is -2.55. The number of esters is 1. The third kappa shape index (κ3) is 6.26. The zero-order valence-electron chi connectivity index (χ0n) is 24.8. The van der Waals surface area contributed by atoms with Crippen LogP contribution in [0.3, 0.4) is 0 Å². The third-order valence-electron chi connectivity index (χ3n) is 11.1. The molecule has 0 aliphatic heterocycles. The second-order valence-corrected chi connectivity index (χ2v) is 13.5. The third-order valence-corrected chi connectivity index (χ3v) is 11.1. The van der Waals surface area contributed by atoms with Gasteiger partial charge in [-0.15, -0.1) is 0 Å². The molecule has 2 unspecified atom stereocenters. The Balaban J connectivity index is 1.32. The summed E-state index contributed by atoms with van der Waals surface area (Å²) in [6, 6.07) is -0.687. The molecule has 9 atom stereocenters. The highest BCUT2D eigenvalue weighted by atomic mass is 16.7. The van der Waals surface area contributed by atoms with Crippen molar-refractivity contribution in [1.29, 1.82) is 0 Å². The van der Waals surface area contributed by atoms with E-state index in [1.165, 1.54) is 64.0 Å². The fourth-order valence-corrected chi connectivity index (χ4v) is 8.93. The lowest BCUT2D eigenvalue weighted by Crippen LogP contribution is -2.48. The topological polar surface area (TPSA) is 73.9 Å². The molecule has 38 heavy (non-hydrogen) atoms. The minimum Gasteiger partial charge on any atom is -0.468 e. The van der Waals surface area contributed by atoms with Gasteiger partial charge in [0.1, 0.15) is 18.8 Å². The highest BCUT2D eigenvalue weighted by Gasteiger charge is 2.54. The van der Waals surface area contributed by atoms with E-state index in [-0.39, 0.29) is 18.1 Å². The molecule has 6 nitrogen and oxygen atoms in total. The molecule has 4 aliphatic carbocycles. The Kier molecular flexibility index (Phi) is 9.87. The summed E-state index contributed by atoms with van der Waals surface area (Å²) in [6.07, 6.45) is 15.5. The summed E-state index contributed by atoms with van der Waals surface area (Å²) in [7, 11) is 2.95. The van der Waals surface area contributed by atoms with Crippen molar-refractivity contribution in [1.82, 2.24) is 5.32 Å². The number of allylic oxidation sites excluding steroid dienone is 1. The fraction of sp³-hybridized carbons (Fsp3) is 0.875. The van der Waals surface area contributed by atoms with E-state index in [0.717, 1.165) is 60.7 Å². The van der Waals surface area contributed by atoms with Crippen molar-refractivity contribution in [2.45, 2.75) is 110 Å². The van der Waals surface area contributed by atoms with Gasteiger partial charge in [-0.25, -0.2) is 4.79 Å². The number of carbonyl (C=O) groups excluding carboxylic acids is 2. The molecule has 6 heteroatoms. The molecule has 4 rings (SSSR count). The van der Waals surface area contributed by atoms with Gasteiger partial charge in [-0.05, 0) is 98.8 Å². The summed E-state index contributed by atoms with van der Waals surface area (Å²) in [5.74, 6) is 5.60. The second kappa shape index (κ2) is 12.7. The maximum absolute atomic E-state index is 12.4. The van der Waals surface area contributed by atoms with Gasteiger partial charge in [-0.1, -0.05) is 58.6 Å². The molecular formula is C32H53NO5. The van der Waals surface area contributed by atoms with Gasteiger partial charge in [0.05, 0.1) is 7.11 Å². The monoisotopic (exact) mass is 531 g/mol. The van der Waals surface area contributed by atoms with Crippen LogP contribution in [0.5, 0.6) is 0 Å². The lowest BCUT2D eigenvalue weighted by molar-refractivity contribution is -0.144. The molecule has 0 aromatic heterocycles. The smallest absolute Gasteiger partial charge is 0.468 e. The van der Waals surface area contributed by atoms with Crippen LogP contribution in [0.25, 0.3) is 0 Å². The first-order valence-electron chi connectivity index (χ1n) is 15.5. The Morgan fingerprint density at radius 1 is 1.05 bits per heavy atom. The molecule has 0 aromatic carbocycles. The maximum atomic E-state index is 12.4. The molecule has 0 radical (unpaired) electrons. The van der Waals surface area contributed by atoms with E-state index in [9.17, 15) is 9.59 Å². The summed E-state index contributed by atoms with van der Waals surface area (Å²) in [4.78, 5) is 24.1. The molecule has 0 heterocycles. The first kappa shape index (κ1) is 29.4. The van der Waals surface area contributed by atoms with E-state index in [1.54, 1.807) is 7.05 Å². The predicted octanol–water partition coefficient (Wildman–Crippen LogP) is 6.92. The summed E-state index contributed by atoms with van der Waals surface area (Å²) < 4.78 is 15.7. The molecule has 216 valence electrons. The first-order valence-corrected chi connectivity index (χ1v) is 15.5. The van der Waals surface area contributed by atoms with Gasteiger partial charge in [-0.3, -0.25) is 4.79 Å². The number of fused-ring (bicyclic) bond motifs is 5. The number of rotatable bonds is 10. The van der Waals surface area contributed by atoms with Crippen molar-refractivity contribution >= 4 is 12.1 Å². The normalized spacial score (nSPS) is 35.8. The summed E-state index contributed by atoms with van der Waals surface area (Å²) in [5, 5.41) is 2.80. The summed E-state index contributed by atoms with van der Waals surface area (Å²) >= 11 is 0. The second-order valence-electron chi connectivity index (χ2n) is 13.5. The van der Waals surface area contributed by atoms with Gasteiger partial charge in [0.25, 0.3) is 0 Å². The highest BCUT2D eigenvalue weighted by molar-refractivity contribution is 5.76. The van der Waals surface area contributed by atoms with Gasteiger partial charge in [0, 0.05) is 6.42 Å². The maximum Gasteiger partial charge on any atom is 0.508 e. The minimum absolute atomic E-state index is 0.0984. The quantitative estimate of drug-likeness (QED) is 0.244. The number of methoxy groups -OCH3 is 1. The SMILES string of the molecule is CNC(COC(=O)OC1CC[C@@]2(C)C(=CC[C@H]3[C@@H]4CC[C@H]([C@H](C)CCCC(C)C)[C@H]4CC[C@@H]32)C1)C(=O)OC. The minimum atomic E-state index is -0.697. The number of carbonyl (C=O) groups is 2. The van der Waals surface area contributed by atoms with Crippen LogP contribution in [0.4, 0.5) is 4.79 Å². The zero-order valence-corrected chi connectivity index (χ0v) is 24.8. The average Bonchev–Trinajstić information content (AvgIpc) is 3.33. The van der Waals surface area contributed by atoms with E-state index in [0.29, 0.717) is 0 Å². The number of hydrogen-bond donors (Lipinski definition) is 1. The van der Waals surface area contributed by atoms with Crippen LogP contribution >= 0.6 is 0 Å². The Hall–Kier alpha value is -1.56. The van der Waals surface area contributed by atoms with Crippen molar-refractivity contribution in [3.8, 4) is 0 Å². The van der Waals surface area contributed by atoms with Crippen LogP contribution in [0.1, 0.15) is 98.3 Å². The van der Waals surface area contributed by atoms with Gasteiger partial charge >= 0.3 is 12.1 Å². The van der Waals surface area contributed by atoms with E-state index >= 15 is 0 Å². The number of ether oxygens (including phenoxy) is 3. The van der Waals surface area contributed by atoms with Crippen LogP contribution in [-0.2, 0) is 19.0 Å². The van der Waals surface area contributed by atoms with Crippen molar-refractivity contribution in [2.75, 3.05) is 20.8 Å². The fourth-order valence-electron chi connectivity index (χ4n) is 8.93. The van der Waals surface area contributed by atoms with Crippen LogP contribution in [-0.4, -0.2) is 45.0 Å². The standard InChI is InChI=1S/C32H53NO5/c1-20(2)8-7-9-21(3)24-12-13-26-25(24)14-15-28-27(26)11-10-22-18-23(16-17-32(22,28)4)38-31(35)37-19-29(33-5)30(34)36-6/h10,20-21,23-29,33H,7-9,11-19H2,1-6H3/t21-,23?,24-,25-,26-,27+,28+,29?,32+/m1/s1. The van der Waals surface area contributed by atoms with Crippen LogP contribution in [0.15, 0.2) is 11.6 Å². The van der Waals surface area contributed by atoms with Crippen LogP contribution < -0.4 is 5.32 Å². The number of nitrogens with one attached hydrogen (secondary N) is 1. The van der Waals surface area contributed by atoms with Gasteiger partial charge < -0.3 is 19.5 Å². The number of hydrogen-bond acceptors (Lipinski definition) is 6. The Bertz CT molecular complexity index is 855. The molecule has 1 N–H and O–H groups in total. The molecule has 0 bridgehead atoms.